The number of carbonyl (C=O) groups excluding carboxylic acids is 1. The summed E-state index contributed by atoms with van der Waals surface area (Å²) in [6.45, 7) is 5.87. The van der Waals surface area contributed by atoms with Gasteiger partial charge in [0.25, 0.3) is 0 Å². The Morgan fingerprint density at radius 1 is 1.60 bits per heavy atom. The maximum atomic E-state index is 11.0. The van der Waals surface area contributed by atoms with Gasteiger partial charge in [0.15, 0.2) is 0 Å². The molecule has 1 unspecified atom stereocenters. The van der Waals surface area contributed by atoms with Gasteiger partial charge in [0, 0.05) is 6.04 Å². The second-order valence-electron chi connectivity index (χ2n) is 2.54. The van der Waals surface area contributed by atoms with Gasteiger partial charge in [-0.3, -0.25) is 4.79 Å². The topological polar surface area (TPSA) is 29.1 Å². The number of carbonyl (C=O) groups is 1. The van der Waals surface area contributed by atoms with Crippen LogP contribution < -0.4 is 5.32 Å². The molecule has 0 bridgehead atoms. The van der Waals surface area contributed by atoms with Crippen LogP contribution in [-0.4, -0.2) is 16.8 Å². The summed E-state index contributed by atoms with van der Waals surface area (Å²) < 4.78 is 0. The van der Waals surface area contributed by atoms with E-state index in [4.69, 9.17) is 0 Å². The molecule has 0 radical (unpaired) electrons. The van der Waals surface area contributed by atoms with Crippen molar-refractivity contribution in [1.29, 1.82) is 0 Å². The Kier molecular flexibility index (Phi) is 4.69. The third kappa shape index (κ3) is 3.88. The van der Waals surface area contributed by atoms with E-state index < -0.39 is 0 Å². The first-order valence-corrected chi connectivity index (χ1v) is 4.44. The Hall–Kier alpha value is -0.0500. The summed E-state index contributed by atoms with van der Waals surface area (Å²) in [5.74, 6) is 0.0810. The van der Waals surface area contributed by atoms with Crippen molar-refractivity contribution in [2.45, 2.75) is 38.1 Å². The third-order valence-corrected chi connectivity index (χ3v) is 2.14. The van der Waals surface area contributed by atoms with E-state index in [9.17, 15) is 4.79 Å². The smallest absolute Gasteiger partial charge is 0.233 e. The Labute approximate surface area is 70.5 Å². The van der Waals surface area contributed by atoms with Crippen LogP contribution in [0.2, 0.25) is 0 Å². The minimum absolute atomic E-state index is 0.0325. The quantitative estimate of drug-likeness (QED) is 0.702. The van der Waals surface area contributed by atoms with Gasteiger partial charge >= 0.3 is 0 Å². The van der Waals surface area contributed by atoms with E-state index in [-0.39, 0.29) is 16.8 Å². The lowest BCUT2D eigenvalue weighted by Crippen LogP contribution is -2.35. The minimum Gasteiger partial charge on any atom is -0.353 e. The van der Waals surface area contributed by atoms with Gasteiger partial charge in [-0.25, -0.2) is 0 Å². The average Bonchev–Trinajstić information content (AvgIpc) is 1.85. The Morgan fingerprint density at radius 3 is 2.40 bits per heavy atom. The predicted octanol–water partition coefficient (Wildman–Crippen LogP) is 1.68. The molecule has 1 atom stereocenters. The maximum absolute atomic E-state index is 11.0. The van der Waals surface area contributed by atoms with E-state index >= 15 is 0 Å². The van der Waals surface area contributed by atoms with Gasteiger partial charge in [0.1, 0.15) is 0 Å². The van der Waals surface area contributed by atoms with Crippen LogP contribution in [0.3, 0.4) is 0 Å². The van der Waals surface area contributed by atoms with Gasteiger partial charge in [-0.15, -0.1) is 0 Å². The second-order valence-corrected chi connectivity index (χ2v) is 3.64. The summed E-state index contributed by atoms with van der Waals surface area (Å²) >= 11 is 3.26. The highest BCUT2D eigenvalue weighted by molar-refractivity contribution is 9.10. The zero-order valence-corrected chi connectivity index (χ0v) is 8.23. The molecule has 3 heteroatoms. The summed E-state index contributed by atoms with van der Waals surface area (Å²) in [4.78, 5) is 11.0. The Balaban J connectivity index is 3.62. The molecule has 0 saturated heterocycles. The highest BCUT2D eigenvalue weighted by Crippen LogP contribution is 2.03. The number of halogens is 1. The number of alkyl halides is 1. The van der Waals surface area contributed by atoms with E-state index in [1.165, 1.54) is 0 Å². The van der Waals surface area contributed by atoms with Crippen LogP contribution in [0.15, 0.2) is 0 Å². The predicted molar refractivity (Wildman–Crippen MR) is 46.3 cm³/mol. The molecule has 2 nitrogen and oxygen atoms in total. The van der Waals surface area contributed by atoms with Gasteiger partial charge in [0.05, 0.1) is 4.83 Å². The summed E-state index contributed by atoms with van der Waals surface area (Å²) in [5.41, 5.74) is 0. The van der Waals surface area contributed by atoms with E-state index in [0.29, 0.717) is 0 Å². The lowest BCUT2D eigenvalue weighted by molar-refractivity contribution is -0.120. The van der Waals surface area contributed by atoms with Gasteiger partial charge in [0.2, 0.25) is 5.91 Å². The third-order valence-electron chi connectivity index (χ3n) is 1.07. The highest BCUT2D eigenvalue weighted by atomic mass is 79.9. The molecule has 0 fully saturated rings. The van der Waals surface area contributed by atoms with Crippen molar-refractivity contribution >= 4 is 21.8 Å². The summed E-state index contributed by atoms with van der Waals surface area (Å²) in [6, 6.07) is 0.235. The standard InChI is InChI=1S/C7H14BrNO/c1-4-6(8)7(10)9-5(2)3/h5-6H,4H2,1-3H3,(H,9,10). The molecule has 0 heterocycles. The second kappa shape index (κ2) is 4.72. The number of hydrogen-bond donors (Lipinski definition) is 1. The zero-order chi connectivity index (χ0) is 8.15. The van der Waals surface area contributed by atoms with Gasteiger partial charge in [-0.05, 0) is 20.3 Å². The number of nitrogens with one attached hydrogen (secondary N) is 1. The first kappa shape index (κ1) is 9.95. The van der Waals surface area contributed by atoms with Crippen LogP contribution in [0.4, 0.5) is 0 Å². The van der Waals surface area contributed by atoms with Gasteiger partial charge < -0.3 is 5.32 Å². The van der Waals surface area contributed by atoms with E-state index in [2.05, 4.69) is 21.2 Å². The van der Waals surface area contributed by atoms with E-state index in [0.717, 1.165) is 6.42 Å². The molecule has 0 spiro atoms. The molecular formula is C7H14BrNO. The molecular weight excluding hydrogens is 194 g/mol. The molecule has 1 N–H and O–H groups in total. The summed E-state index contributed by atoms with van der Waals surface area (Å²) in [6.07, 6.45) is 0.832. The first-order chi connectivity index (χ1) is 4.57. The highest BCUT2D eigenvalue weighted by Gasteiger charge is 2.11. The van der Waals surface area contributed by atoms with Crippen LogP contribution in [0, 0.1) is 0 Å². The van der Waals surface area contributed by atoms with E-state index in [1.54, 1.807) is 0 Å². The Bertz CT molecular complexity index is 114. The number of rotatable bonds is 3. The van der Waals surface area contributed by atoms with Crippen molar-refractivity contribution in [1.82, 2.24) is 5.32 Å². The lowest BCUT2D eigenvalue weighted by atomic mass is 10.3. The Morgan fingerprint density at radius 2 is 2.10 bits per heavy atom. The van der Waals surface area contributed by atoms with Gasteiger partial charge in [-0.2, -0.15) is 0 Å². The SMILES string of the molecule is CCC(Br)C(=O)NC(C)C. The fourth-order valence-electron chi connectivity index (χ4n) is 0.560. The van der Waals surface area contributed by atoms with Crippen molar-refractivity contribution in [3.8, 4) is 0 Å². The summed E-state index contributed by atoms with van der Waals surface area (Å²) in [5, 5.41) is 2.81. The molecule has 0 aliphatic heterocycles. The minimum atomic E-state index is -0.0325. The van der Waals surface area contributed by atoms with Crippen LogP contribution >= 0.6 is 15.9 Å². The maximum Gasteiger partial charge on any atom is 0.233 e. The molecule has 1 amide bonds. The molecule has 0 aromatic rings. The van der Waals surface area contributed by atoms with Crippen molar-refractivity contribution < 1.29 is 4.79 Å². The molecule has 0 aliphatic carbocycles. The first-order valence-electron chi connectivity index (χ1n) is 3.52. The fourth-order valence-corrected chi connectivity index (χ4v) is 0.693. The van der Waals surface area contributed by atoms with Crippen LogP contribution in [0.5, 0.6) is 0 Å². The van der Waals surface area contributed by atoms with Crippen LogP contribution in [-0.2, 0) is 4.79 Å². The molecule has 0 aliphatic rings. The van der Waals surface area contributed by atoms with Crippen molar-refractivity contribution in [2.24, 2.45) is 0 Å². The molecule has 0 saturated carbocycles. The van der Waals surface area contributed by atoms with E-state index in [1.807, 2.05) is 20.8 Å². The molecule has 10 heavy (non-hydrogen) atoms. The number of amides is 1. The van der Waals surface area contributed by atoms with Crippen LogP contribution in [0.25, 0.3) is 0 Å². The molecule has 60 valence electrons. The van der Waals surface area contributed by atoms with Gasteiger partial charge in [-0.1, -0.05) is 22.9 Å². The van der Waals surface area contributed by atoms with Crippen LogP contribution in [0.1, 0.15) is 27.2 Å². The zero-order valence-electron chi connectivity index (χ0n) is 6.65. The van der Waals surface area contributed by atoms with Crippen molar-refractivity contribution in [3.05, 3.63) is 0 Å². The summed E-state index contributed by atoms with van der Waals surface area (Å²) in [7, 11) is 0. The normalized spacial score (nSPS) is 13.3. The molecule has 0 aromatic heterocycles. The lowest BCUT2D eigenvalue weighted by Gasteiger charge is -2.10. The average molecular weight is 208 g/mol. The van der Waals surface area contributed by atoms with Crippen molar-refractivity contribution in [3.63, 3.8) is 0 Å². The fraction of sp³-hybridized carbons (Fsp3) is 0.857. The largest absolute Gasteiger partial charge is 0.353 e. The molecule has 0 aromatic carbocycles. The monoisotopic (exact) mass is 207 g/mol. The molecule has 0 rings (SSSR count). The number of hydrogen-bond acceptors (Lipinski definition) is 1. The van der Waals surface area contributed by atoms with Crippen molar-refractivity contribution in [2.75, 3.05) is 0 Å².